The van der Waals surface area contributed by atoms with Crippen molar-refractivity contribution in [2.24, 2.45) is 0 Å². The molecule has 0 unspecified atom stereocenters. The minimum Gasteiger partial charge on any atom is -0.399 e. The van der Waals surface area contributed by atoms with Gasteiger partial charge in [-0.25, -0.2) is 0 Å². The summed E-state index contributed by atoms with van der Waals surface area (Å²) in [5.41, 5.74) is 9.42. The number of aryl methyl sites for hydroxylation is 1. The van der Waals surface area contributed by atoms with Crippen LogP contribution in [0.4, 0.5) is 5.69 Å². The Kier molecular flexibility index (Phi) is 13.2. The lowest BCUT2D eigenvalue weighted by molar-refractivity contribution is 0.104. The van der Waals surface area contributed by atoms with Gasteiger partial charge in [-0.05, 0) is 42.2 Å². The molecule has 0 aliphatic carbocycles. The lowest BCUT2D eigenvalue weighted by atomic mass is 10.0. The summed E-state index contributed by atoms with van der Waals surface area (Å²) >= 11 is 0. The molecule has 0 aliphatic rings. The molecule has 0 aliphatic heterocycles. The fourth-order valence-electron chi connectivity index (χ4n) is 4.10. The van der Waals surface area contributed by atoms with Crippen molar-refractivity contribution in [3.63, 3.8) is 0 Å². The number of anilines is 1. The van der Waals surface area contributed by atoms with Gasteiger partial charge in [0.2, 0.25) is 0 Å². The maximum atomic E-state index is 12.2. The summed E-state index contributed by atoms with van der Waals surface area (Å²) < 4.78 is 0. The molecule has 0 atom stereocenters. The molecule has 2 N–H and O–H groups in total. The molecule has 2 heteroatoms. The van der Waals surface area contributed by atoms with Crippen molar-refractivity contribution in [3.8, 4) is 0 Å². The van der Waals surface area contributed by atoms with Crippen LogP contribution in [0.5, 0.6) is 0 Å². The van der Waals surface area contributed by atoms with Gasteiger partial charge in [0.05, 0.1) is 0 Å². The van der Waals surface area contributed by atoms with Gasteiger partial charge >= 0.3 is 0 Å². The fourth-order valence-corrected chi connectivity index (χ4v) is 4.10. The Labute approximate surface area is 196 Å². The van der Waals surface area contributed by atoms with Gasteiger partial charge in [-0.3, -0.25) is 4.79 Å². The average Bonchev–Trinajstić information content (AvgIpc) is 2.81. The van der Waals surface area contributed by atoms with E-state index in [1.54, 1.807) is 24.3 Å². The zero-order valence-corrected chi connectivity index (χ0v) is 20.2. The number of nitrogen functional groups attached to an aromatic ring is 1. The zero-order valence-electron chi connectivity index (χ0n) is 20.2. The van der Waals surface area contributed by atoms with Gasteiger partial charge in [0.25, 0.3) is 0 Å². The molecule has 2 aromatic carbocycles. The molecule has 0 amide bonds. The molecule has 32 heavy (non-hydrogen) atoms. The van der Waals surface area contributed by atoms with Gasteiger partial charge in [-0.2, -0.15) is 0 Å². The third kappa shape index (κ3) is 11.3. The van der Waals surface area contributed by atoms with Gasteiger partial charge < -0.3 is 5.73 Å². The van der Waals surface area contributed by atoms with Crippen molar-refractivity contribution in [3.05, 3.63) is 71.3 Å². The highest BCUT2D eigenvalue weighted by atomic mass is 16.1. The Bertz CT molecular complexity index is 791. The van der Waals surface area contributed by atoms with E-state index in [1.165, 1.54) is 89.0 Å². The number of hydrogen-bond acceptors (Lipinski definition) is 2. The first-order valence-electron chi connectivity index (χ1n) is 12.9. The van der Waals surface area contributed by atoms with E-state index in [2.05, 4.69) is 31.2 Å². The number of hydrogen-bond donors (Lipinski definition) is 1. The minimum absolute atomic E-state index is 0.0200. The molecule has 174 valence electrons. The SMILES string of the molecule is CCCCCCCCCCCCCCCc1ccc(C=CC(=O)c2cccc(N)c2)cc1. The third-order valence-corrected chi connectivity index (χ3v) is 6.15. The fraction of sp³-hybridized carbons (Fsp3) is 0.500. The van der Waals surface area contributed by atoms with Crippen molar-refractivity contribution in [1.29, 1.82) is 0 Å². The topological polar surface area (TPSA) is 43.1 Å². The first kappa shape index (κ1) is 25.9. The molecule has 0 fully saturated rings. The zero-order chi connectivity index (χ0) is 22.9. The van der Waals surface area contributed by atoms with E-state index in [9.17, 15) is 4.79 Å². The largest absolute Gasteiger partial charge is 0.399 e. The van der Waals surface area contributed by atoms with E-state index in [1.807, 2.05) is 12.1 Å². The summed E-state index contributed by atoms with van der Waals surface area (Å²) in [5.74, 6) is -0.0200. The Morgan fingerprint density at radius 1 is 0.750 bits per heavy atom. The maximum absolute atomic E-state index is 12.2. The normalized spacial score (nSPS) is 11.3. The molecule has 0 aromatic heterocycles. The third-order valence-electron chi connectivity index (χ3n) is 6.15. The summed E-state index contributed by atoms with van der Waals surface area (Å²) in [5, 5.41) is 0. The quantitative estimate of drug-likeness (QED) is 0.117. The Morgan fingerprint density at radius 2 is 1.31 bits per heavy atom. The first-order chi connectivity index (χ1) is 15.7. The number of nitrogens with two attached hydrogens (primary N) is 1. The predicted molar refractivity (Wildman–Crippen MR) is 140 cm³/mol. The standard InChI is InChI=1S/C30H43NO/c1-2-3-4-5-6-7-8-9-10-11-12-13-14-16-26-19-21-27(22-20-26)23-24-30(32)28-17-15-18-29(31)25-28/h15,17-25H,2-14,16,31H2,1H3. The van der Waals surface area contributed by atoms with Crippen LogP contribution in [0.1, 0.15) is 112 Å². The average molecular weight is 434 g/mol. The van der Waals surface area contributed by atoms with E-state index < -0.39 is 0 Å². The summed E-state index contributed by atoms with van der Waals surface area (Å²) in [6.45, 7) is 2.28. The van der Waals surface area contributed by atoms with Crippen LogP contribution in [0.3, 0.4) is 0 Å². The van der Waals surface area contributed by atoms with E-state index in [0.717, 1.165) is 12.0 Å². The molecule has 0 saturated heterocycles. The van der Waals surface area contributed by atoms with Gasteiger partial charge in [0.1, 0.15) is 0 Å². The number of unbranched alkanes of at least 4 members (excludes halogenated alkanes) is 12. The highest BCUT2D eigenvalue weighted by Crippen LogP contribution is 2.15. The van der Waals surface area contributed by atoms with E-state index >= 15 is 0 Å². The molecule has 0 heterocycles. The lowest BCUT2D eigenvalue weighted by Gasteiger charge is -2.04. The Balaban J connectivity index is 1.52. The number of carbonyl (C=O) groups is 1. The number of allylic oxidation sites excluding steroid dienone is 1. The smallest absolute Gasteiger partial charge is 0.185 e. The van der Waals surface area contributed by atoms with Crippen molar-refractivity contribution < 1.29 is 4.79 Å². The second kappa shape index (κ2) is 16.3. The molecular weight excluding hydrogens is 390 g/mol. The summed E-state index contributed by atoms with van der Waals surface area (Å²) in [6.07, 6.45) is 22.7. The van der Waals surface area contributed by atoms with Crippen LogP contribution in [0.25, 0.3) is 6.08 Å². The van der Waals surface area contributed by atoms with Gasteiger partial charge in [0, 0.05) is 11.3 Å². The number of ketones is 1. The van der Waals surface area contributed by atoms with Crippen LogP contribution in [-0.4, -0.2) is 5.78 Å². The van der Waals surface area contributed by atoms with E-state index in [0.29, 0.717) is 11.3 Å². The molecule has 0 spiro atoms. The van der Waals surface area contributed by atoms with Crippen molar-refractivity contribution in [2.75, 3.05) is 5.73 Å². The van der Waals surface area contributed by atoms with Crippen LogP contribution in [-0.2, 0) is 6.42 Å². The second-order valence-corrected chi connectivity index (χ2v) is 9.06. The Hall–Kier alpha value is -2.35. The van der Waals surface area contributed by atoms with E-state index in [4.69, 9.17) is 5.73 Å². The van der Waals surface area contributed by atoms with Crippen LogP contribution in [0.15, 0.2) is 54.6 Å². The molecule has 2 nitrogen and oxygen atoms in total. The number of carbonyl (C=O) groups excluding carboxylic acids is 1. The first-order valence-corrected chi connectivity index (χ1v) is 12.9. The highest BCUT2D eigenvalue weighted by Gasteiger charge is 2.02. The predicted octanol–water partition coefficient (Wildman–Crippen LogP) is 8.80. The number of rotatable bonds is 17. The van der Waals surface area contributed by atoms with Gasteiger partial charge in [-0.1, -0.05) is 126 Å². The maximum Gasteiger partial charge on any atom is 0.185 e. The molecule has 0 bridgehead atoms. The lowest BCUT2D eigenvalue weighted by Crippen LogP contribution is -1.95. The molecule has 2 rings (SSSR count). The van der Waals surface area contributed by atoms with Crippen LogP contribution in [0, 0.1) is 0 Å². The summed E-state index contributed by atoms with van der Waals surface area (Å²) in [4.78, 5) is 12.2. The molecule has 0 saturated carbocycles. The number of benzene rings is 2. The molecular formula is C30H43NO. The highest BCUT2D eigenvalue weighted by molar-refractivity contribution is 6.07. The molecule has 0 radical (unpaired) electrons. The van der Waals surface area contributed by atoms with Crippen LogP contribution < -0.4 is 5.73 Å². The monoisotopic (exact) mass is 433 g/mol. The Morgan fingerprint density at radius 3 is 1.88 bits per heavy atom. The van der Waals surface area contributed by atoms with Gasteiger partial charge in [-0.15, -0.1) is 0 Å². The summed E-state index contributed by atoms with van der Waals surface area (Å²) in [6, 6.07) is 15.7. The van der Waals surface area contributed by atoms with Crippen molar-refractivity contribution in [2.45, 2.75) is 96.8 Å². The van der Waals surface area contributed by atoms with Crippen LogP contribution in [0.2, 0.25) is 0 Å². The van der Waals surface area contributed by atoms with Crippen LogP contribution >= 0.6 is 0 Å². The van der Waals surface area contributed by atoms with Crippen molar-refractivity contribution >= 4 is 17.5 Å². The van der Waals surface area contributed by atoms with Crippen molar-refractivity contribution in [1.82, 2.24) is 0 Å². The minimum atomic E-state index is -0.0200. The second-order valence-electron chi connectivity index (χ2n) is 9.06. The van der Waals surface area contributed by atoms with E-state index in [-0.39, 0.29) is 5.78 Å². The molecule has 2 aromatic rings. The van der Waals surface area contributed by atoms with Gasteiger partial charge in [0.15, 0.2) is 5.78 Å². The summed E-state index contributed by atoms with van der Waals surface area (Å²) in [7, 11) is 0.